The zero-order valence-corrected chi connectivity index (χ0v) is 16.1. The van der Waals surface area contributed by atoms with Crippen molar-refractivity contribution in [2.24, 2.45) is 0 Å². The molecule has 144 valence electrons. The SMILES string of the molecule is O=C1C(N2CCCCC2)=C(S(=O)(=O)N2CCCCC2)C(=O)c2ccccc21. The first-order valence-corrected chi connectivity index (χ1v) is 11.1. The van der Waals surface area contributed by atoms with Crippen LogP contribution in [-0.2, 0) is 10.0 Å². The number of fused-ring (bicyclic) bond motifs is 1. The summed E-state index contributed by atoms with van der Waals surface area (Å²) in [6, 6.07) is 6.54. The minimum absolute atomic E-state index is 0.0870. The van der Waals surface area contributed by atoms with Crippen LogP contribution in [0.5, 0.6) is 0 Å². The highest BCUT2D eigenvalue weighted by Gasteiger charge is 2.43. The van der Waals surface area contributed by atoms with Crippen molar-refractivity contribution in [3.63, 3.8) is 0 Å². The van der Waals surface area contributed by atoms with Gasteiger partial charge in [-0.1, -0.05) is 30.7 Å². The summed E-state index contributed by atoms with van der Waals surface area (Å²) in [7, 11) is -4.01. The molecule has 0 N–H and O–H groups in total. The van der Waals surface area contributed by atoms with Crippen LogP contribution in [0.25, 0.3) is 0 Å². The number of carbonyl (C=O) groups excluding carboxylic acids is 2. The van der Waals surface area contributed by atoms with E-state index in [0.717, 1.165) is 38.5 Å². The number of Topliss-reactive ketones (excluding diaryl/α,β-unsaturated/α-hetero) is 2. The Morgan fingerprint density at radius 3 is 1.81 bits per heavy atom. The maximum Gasteiger partial charge on any atom is 0.249 e. The first-order valence-electron chi connectivity index (χ1n) is 9.69. The Morgan fingerprint density at radius 1 is 0.704 bits per heavy atom. The van der Waals surface area contributed by atoms with E-state index in [1.807, 2.05) is 4.90 Å². The van der Waals surface area contributed by atoms with Gasteiger partial charge in [0.05, 0.1) is 0 Å². The summed E-state index contributed by atoms with van der Waals surface area (Å²) in [4.78, 5) is 28.0. The molecular formula is C20H24N2O4S. The van der Waals surface area contributed by atoms with Crippen LogP contribution in [0, 0.1) is 0 Å². The van der Waals surface area contributed by atoms with Crippen LogP contribution >= 0.6 is 0 Å². The summed E-state index contributed by atoms with van der Waals surface area (Å²) in [5.41, 5.74) is 0.587. The van der Waals surface area contributed by atoms with Crippen molar-refractivity contribution in [1.82, 2.24) is 9.21 Å². The Bertz CT molecular complexity index is 908. The summed E-state index contributed by atoms with van der Waals surface area (Å²) < 4.78 is 28.2. The average Bonchev–Trinajstić information content (AvgIpc) is 2.71. The van der Waals surface area contributed by atoms with Crippen LogP contribution in [0.3, 0.4) is 0 Å². The van der Waals surface area contributed by atoms with E-state index in [1.165, 1.54) is 4.31 Å². The number of hydrogen-bond acceptors (Lipinski definition) is 5. The van der Waals surface area contributed by atoms with Crippen LogP contribution < -0.4 is 0 Å². The van der Waals surface area contributed by atoms with Gasteiger partial charge in [0.25, 0.3) is 0 Å². The average molecular weight is 388 g/mol. The molecule has 0 radical (unpaired) electrons. The second-order valence-electron chi connectivity index (χ2n) is 7.39. The van der Waals surface area contributed by atoms with Gasteiger partial charge in [-0.25, -0.2) is 8.42 Å². The van der Waals surface area contributed by atoms with Crippen molar-refractivity contribution in [3.05, 3.63) is 46.0 Å². The minimum atomic E-state index is -4.01. The Balaban J connectivity index is 1.89. The van der Waals surface area contributed by atoms with Crippen molar-refractivity contribution in [2.45, 2.75) is 38.5 Å². The van der Waals surface area contributed by atoms with Crippen LogP contribution in [0.2, 0.25) is 0 Å². The van der Waals surface area contributed by atoms with Crippen LogP contribution in [0.4, 0.5) is 0 Å². The van der Waals surface area contributed by atoms with Crippen molar-refractivity contribution in [3.8, 4) is 0 Å². The fraction of sp³-hybridized carbons (Fsp3) is 0.500. The highest BCUT2D eigenvalue weighted by Crippen LogP contribution is 2.34. The van der Waals surface area contributed by atoms with Gasteiger partial charge in [0, 0.05) is 37.3 Å². The zero-order valence-electron chi connectivity index (χ0n) is 15.3. The molecule has 0 spiro atoms. The number of ketones is 2. The topological polar surface area (TPSA) is 74.8 Å². The molecule has 1 aromatic rings. The maximum absolute atomic E-state index is 13.4. The van der Waals surface area contributed by atoms with Gasteiger partial charge in [0.1, 0.15) is 5.70 Å². The van der Waals surface area contributed by atoms with Gasteiger partial charge in [-0.05, 0) is 32.1 Å². The number of rotatable bonds is 3. The van der Waals surface area contributed by atoms with E-state index >= 15 is 0 Å². The molecule has 2 aliphatic heterocycles. The lowest BCUT2D eigenvalue weighted by molar-refractivity contribution is 0.0939. The molecule has 0 unspecified atom stereocenters. The van der Waals surface area contributed by atoms with Gasteiger partial charge in [-0.15, -0.1) is 0 Å². The molecule has 7 heteroatoms. The number of carbonyl (C=O) groups is 2. The molecule has 1 aliphatic carbocycles. The Kier molecular flexibility index (Phi) is 4.90. The van der Waals surface area contributed by atoms with E-state index in [2.05, 4.69) is 0 Å². The summed E-state index contributed by atoms with van der Waals surface area (Å²) in [6.07, 6.45) is 5.39. The number of allylic oxidation sites excluding steroid dienone is 2. The number of nitrogens with zero attached hydrogens (tertiary/aromatic N) is 2. The molecule has 0 bridgehead atoms. The standard InChI is InChI=1S/C20H24N2O4S/c23-18-15-9-3-4-10-16(15)19(24)20(17(18)21-11-5-1-6-12-21)27(25,26)22-13-7-2-8-14-22/h3-4,9-10H,1-2,5-8,11-14H2. The van der Waals surface area contributed by atoms with Gasteiger partial charge >= 0.3 is 0 Å². The first-order chi connectivity index (χ1) is 13.0. The van der Waals surface area contributed by atoms with E-state index in [1.54, 1.807) is 24.3 Å². The van der Waals surface area contributed by atoms with E-state index in [-0.39, 0.29) is 21.9 Å². The largest absolute Gasteiger partial charge is 0.367 e. The molecule has 2 heterocycles. The van der Waals surface area contributed by atoms with Crippen LogP contribution in [0.15, 0.2) is 34.9 Å². The summed E-state index contributed by atoms with van der Waals surface area (Å²) in [5.74, 6) is -0.890. The summed E-state index contributed by atoms with van der Waals surface area (Å²) in [6.45, 7) is 2.02. The molecule has 0 amide bonds. The molecular weight excluding hydrogens is 364 g/mol. The third-order valence-electron chi connectivity index (χ3n) is 5.64. The van der Waals surface area contributed by atoms with Gasteiger partial charge in [-0.3, -0.25) is 9.59 Å². The normalized spacial score (nSPS) is 22.1. The second-order valence-corrected chi connectivity index (χ2v) is 9.27. The molecule has 2 fully saturated rings. The number of hydrogen-bond donors (Lipinski definition) is 0. The van der Waals surface area contributed by atoms with Gasteiger partial charge in [-0.2, -0.15) is 4.31 Å². The van der Waals surface area contributed by atoms with Gasteiger partial charge in [0.15, 0.2) is 4.91 Å². The molecule has 1 aromatic carbocycles. The number of piperidine rings is 2. The van der Waals surface area contributed by atoms with Crippen LogP contribution in [-0.4, -0.2) is 55.4 Å². The number of sulfonamides is 1. The molecule has 3 aliphatic rings. The molecule has 6 nitrogen and oxygen atoms in total. The van der Waals surface area contributed by atoms with Gasteiger partial charge in [0.2, 0.25) is 21.6 Å². The van der Waals surface area contributed by atoms with Crippen molar-refractivity contribution >= 4 is 21.6 Å². The third-order valence-corrected chi connectivity index (χ3v) is 7.58. The highest BCUT2D eigenvalue weighted by atomic mass is 32.2. The highest BCUT2D eigenvalue weighted by molar-refractivity contribution is 7.94. The lowest BCUT2D eigenvalue weighted by Crippen LogP contribution is -2.44. The zero-order chi connectivity index (χ0) is 19.0. The lowest BCUT2D eigenvalue weighted by atomic mass is 9.91. The quantitative estimate of drug-likeness (QED) is 0.796. The summed E-state index contributed by atoms with van der Waals surface area (Å²) in [5, 5.41) is 0. The maximum atomic E-state index is 13.4. The molecule has 4 rings (SSSR count). The molecule has 2 saturated heterocycles. The van der Waals surface area contributed by atoms with Crippen molar-refractivity contribution in [1.29, 1.82) is 0 Å². The first kappa shape index (κ1) is 18.4. The molecule has 0 atom stereocenters. The van der Waals surface area contributed by atoms with E-state index < -0.39 is 15.8 Å². The Labute approximate surface area is 159 Å². The van der Waals surface area contributed by atoms with E-state index in [4.69, 9.17) is 0 Å². The fourth-order valence-electron chi connectivity index (χ4n) is 4.22. The van der Waals surface area contributed by atoms with E-state index in [0.29, 0.717) is 31.7 Å². The van der Waals surface area contributed by atoms with Crippen molar-refractivity contribution < 1.29 is 18.0 Å². The van der Waals surface area contributed by atoms with Crippen LogP contribution in [0.1, 0.15) is 59.2 Å². The Hall–Kier alpha value is -1.99. The third kappa shape index (κ3) is 3.12. The minimum Gasteiger partial charge on any atom is -0.367 e. The molecule has 0 saturated carbocycles. The lowest BCUT2D eigenvalue weighted by Gasteiger charge is -2.35. The van der Waals surface area contributed by atoms with Gasteiger partial charge < -0.3 is 4.90 Å². The van der Waals surface area contributed by atoms with Crippen molar-refractivity contribution in [2.75, 3.05) is 26.2 Å². The number of likely N-dealkylation sites (tertiary alicyclic amines) is 1. The molecule has 27 heavy (non-hydrogen) atoms. The Morgan fingerprint density at radius 2 is 1.22 bits per heavy atom. The second kappa shape index (κ2) is 7.20. The monoisotopic (exact) mass is 388 g/mol. The molecule has 0 aromatic heterocycles. The predicted molar refractivity (Wildman–Crippen MR) is 102 cm³/mol. The number of benzene rings is 1. The van der Waals surface area contributed by atoms with E-state index in [9.17, 15) is 18.0 Å². The smallest absolute Gasteiger partial charge is 0.249 e. The predicted octanol–water partition coefficient (Wildman–Crippen LogP) is 2.58. The summed E-state index contributed by atoms with van der Waals surface area (Å²) >= 11 is 0. The fourth-order valence-corrected chi connectivity index (χ4v) is 6.03.